The molecule has 1 saturated heterocycles. The molecular formula is C11H18N2O2. The smallest absolute Gasteiger partial charge is 0.194 e. The van der Waals surface area contributed by atoms with Gasteiger partial charge in [-0.2, -0.15) is 0 Å². The molecule has 4 nitrogen and oxygen atoms in total. The van der Waals surface area contributed by atoms with Crippen LogP contribution in [0.1, 0.15) is 24.4 Å². The third-order valence-electron chi connectivity index (χ3n) is 2.68. The number of ether oxygens (including phenoxy) is 1. The second kappa shape index (κ2) is 5.28. The number of aromatic nitrogens is 1. The van der Waals surface area contributed by atoms with Crippen LogP contribution >= 0.6 is 0 Å². The van der Waals surface area contributed by atoms with E-state index in [1.165, 1.54) is 6.42 Å². The highest BCUT2D eigenvalue weighted by molar-refractivity contribution is 4.96. The molecule has 1 aromatic heterocycles. The lowest BCUT2D eigenvalue weighted by molar-refractivity contribution is 0.0526. The summed E-state index contributed by atoms with van der Waals surface area (Å²) in [5.41, 5.74) is 0.976. The minimum Gasteiger partial charge on any atom is -0.449 e. The number of hydrogen-bond donors (Lipinski definition) is 1. The van der Waals surface area contributed by atoms with E-state index in [1.807, 2.05) is 7.05 Å². The Labute approximate surface area is 90.0 Å². The van der Waals surface area contributed by atoms with E-state index in [2.05, 4.69) is 10.3 Å². The summed E-state index contributed by atoms with van der Waals surface area (Å²) >= 11 is 0. The molecule has 2 rings (SSSR count). The lowest BCUT2D eigenvalue weighted by atomic mass is 9.99. The van der Waals surface area contributed by atoms with Gasteiger partial charge in [-0.15, -0.1) is 0 Å². The van der Waals surface area contributed by atoms with Crippen LogP contribution in [0.3, 0.4) is 0 Å². The first-order chi connectivity index (χ1) is 7.38. The highest BCUT2D eigenvalue weighted by atomic mass is 16.5. The SMILES string of the molecule is CNCc1coc(CC2CCCOC2)n1. The van der Waals surface area contributed by atoms with Gasteiger partial charge < -0.3 is 14.5 Å². The van der Waals surface area contributed by atoms with Gasteiger partial charge >= 0.3 is 0 Å². The molecule has 1 aromatic rings. The molecule has 0 bridgehead atoms. The van der Waals surface area contributed by atoms with Crippen LogP contribution in [0.4, 0.5) is 0 Å². The Hall–Kier alpha value is -0.870. The first-order valence-electron chi connectivity index (χ1n) is 5.54. The summed E-state index contributed by atoms with van der Waals surface area (Å²) in [6.45, 7) is 2.53. The molecule has 4 heteroatoms. The summed E-state index contributed by atoms with van der Waals surface area (Å²) in [4.78, 5) is 4.41. The molecule has 1 unspecified atom stereocenters. The third-order valence-corrected chi connectivity index (χ3v) is 2.68. The van der Waals surface area contributed by atoms with Crippen LogP contribution in [-0.4, -0.2) is 25.2 Å². The monoisotopic (exact) mass is 210 g/mol. The largest absolute Gasteiger partial charge is 0.449 e. The van der Waals surface area contributed by atoms with Gasteiger partial charge in [-0.05, 0) is 25.8 Å². The summed E-state index contributed by atoms with van der Waals surface area (Å²) in [6, 6.07) is 0. The Morgan fingerprint density at radius 3 is 3.27 bits per heavy atom. The molecule has 1 fully saturated rings. The average molecular weight is 210 g/mol. The van der Waals surface area contributed by atoms with Crippen LogP contribution in [0.5, 0.6) is 0 Å². The van der Waals surface area contributed by atoms with Gasteiger partial charge in [0.1, 0.15) is 6.26 Å². The highest BCUT2D eigenvalue weighted by Crippen LogP contribution is 2.18. The molecule has 0 spiro atoms. The van der Waals surface area contributed by atoms with Gasteiger partial charge in [-0.3, -0.25) is 0 Å². The van der Waals surface area contributed by atoms with Gasteiger partial charge in [0.25, 0.3) is 0 Å². The van der Waals surface area contributed by atoms with Gasteiger partial charge in [0.15, 0.2) is 5.89 Å². The Kier molecular flexibility index (Phi) is 3.75. The normalized spacial score (nSPS) is 21.8. The summed E-state index contributed by atoms with van der Waals surface area (Å²) in [5, 5.41) is 3.05. The predicted octanol–water partition coefficient (Wildman–Crippen LogP) is 1.36. The van der Waals surface area contributed by atoms with Crippen molar-refractivity contribution in [2.75, 3.05) is 20.3 Å². The van der Waals surface area contributed by atoms with E-state index in [1.54, 1.807) is 6.26 Å². The van der Waals surface area contributed by atoms with Crippen LogP contribution < -0.4 is 5.32 Å². The van der Waals surface area contributed by atoms with Gasteiger partial charge in [0, 0.05) is 26.2 Å². The van der Waals surface area contributed by atoms with Crippen molar-refractivity contribution in [1.82, 2.24) is 10.3 Å². The number of oxazole rings is 1. The molecule has 1 aliphatic heterocycles. The van der Waals surface area contributed by atoms with E-state index in [4.69, 9.17) is 9.15 Å². The molecule has 0 aliphatic carbocycles. The Bertz CT molecular complexity index is 293. The van der Waals surface area contributed by atoms with E-state index in [9.17, 15) is 0 Å². The lowest BCUT2D eigenvalue weighted by Crippen LogP contribution is -2.19. The van der Waals surface area contributed by atoms with Crippen LogP contribution in [-0.2, 0) is 17.7 Å². The molecule has 15 heavy (non-hydrogen) atoms. The van der Waals surface area contributed by atoms with E-state index in [0.29, 0.717) is 5.92 Å². The minimum absolute atomic E-state index is 0.583. The van der Waals surface area contributed by atoms with E-state index >= 15 is 0 Å². The summed E-state index contributed by atoms with van der Waals surface area (Å²) < 4.78 is 10.8. The van der Waals surface area contributed by atoms with Crippen molar-refractivity contribution >= 4 is 0 Å². The van der Waals surface area contributed by atoms with Crippen molar-refractivity contribution in [2.24, 2.45) is 5.92 Å². The predicted molar refractivity (Wildman–Crippen MR) is 56.5 cm³/mol. The number of nitrogens with one attached hydrogen (secondary N) is 1. The third kappa shape index (κ3) is 3.04. The maximum absolute atomic E-state index is 5.43. The van der Waals surface area contributed by atoms with Crippen molar-refractivity contribution in [1.29, 1.82) is 0 Å². The van der Waals surface area contributed by atoms with Gasteiger partial charge in [-0.25, -0.2) is 4.98 Å². The van der Waals surface area contributed by atoms with E-state index in [-0.39, 0.29) is 0 Å². The minimum atomic E-state index is 0.583. The number of rotatable bonds is 4. The summed E-state index contributed by atoms with van der Waals surface area (Å²) in [7, 11) is 1.91. The standard InChI is InChI=1S/C11H18N2O2/c1-12-6-10-8-15-11(13-10)5-9-3-2-4-14-7-9/h8-9,12H,2-7H2,1H3. The number of hydrogen-bond acceptors (Lipinski definition) is 4. The molecule has 2 heterocycles. The maximum Gasteiger partial charge on any atom is 0.194 e. The zero-order valence-electron chi connectivity index (χ0n) is 9.16. The topological polar surface area (TPSA) is 47.3 Å². The van der Waals surface area contributed by atoms with Gasteiger partial charge in [-0.1, -0.05) is 0 Å². The van der Waals surface area contributed by atoms with Crippen LogP contribution in [0, 0.1) is 5.92 Å². The Morgan fingerprint density at radius 1 is 1.60 bits per heavy atom. The molecule has 1 atom stereocenters. The van der Waals surface area contributed by atoms with Crippen molar-refractivity contribution < 1.29 is 9.15 Å². The first-order valence-corrected chi connectivity index (χ1v) is 5.54. The van der Waals surface area contributed by atoms with Gasteiger partial charge in [0.2, 0.25) is 0 Å². The maximum atomic E-state index is 5.43. The van der Waals surface area contributed by atoms with Crippen molar-refractivity contribution in [3.8, 4) is 0 Å². The molecule has 1 aliphatic rings. The Morgan fingerprint density at radius 2 is 2.53 bits per heavy atom. The van der Waals surface area contributed by atoms with Crippen molar-refractivity contribution in [3.05, 3.63) is 17.8 Å². The number of nitrogens with zero attached hydrogens (tertiary/aromatic N) is 1. The van der Waals surface area contributed by atoms with Crippen LogP contribution in [0.25, 0.3) is 0 Å². The second-order valence-electron chi connectivity index (χ2n) is 4.05. The zero-order chi connectivity index (χ0) is 10.5. The molecule has 0 saturated carbocycles. The fourth-order valence-corrected chi connectivity index (χ4v) is 1.92. The average Bonchev–Trinajstić information content (AvgIpc) is 2.68. The van der Waals surface area contributed by atoms with Crippen LogP contribution in [0.15, 0.2) is 10.7 Å². The lowest BCUT2D eigenvalue weighted by Gasteiger charge is -2.20. The molecule has 0 amide bonds. The van der Waals surface area contributed by atoms with Gasteiger partial charge in [0.05, 0.1) is 5.69 Å². The van der Waals surface area contributed by atoms with Crippen molar-refractivity contribution in [2.45, 2.75) is 25.8 Å². The second-order valence-corrected chi connectivity index (χ2v) is 4.05. The fourth-order valence-electron chi connectivity index (χ4n) is 1.92. The van der Waals surface area contributed by atoms with E-state index in [0.717, 1.165) is 44.2 Å². The highest BCUT2D eigenvalue weighted by Gasteiger charge is 2.16. The van der Waals surface area contributed by atoms with Crippen molar-refractivity contribution in [3.63, 3.8) is 0 Å². The molecule has 1 N–H and O–H groups in total. The molecule has 0 radical (unpaired) electrons. The first kappa shape index (κ1) is 10.6. The molecule has 0 aromatic carbocycles. The molecular weight excluding hydrogens is 192 g/mol. The Balaban J connectivity index is 1.86. The van der Waals surface area contributed by atoms with E-state index < -0.39 is 0 Å². The summed E-state index contributed by atoms with van der Waals surface area (Å²) in [6.07, 6.45) is 5.03. The summed E-state index contributed by atoms with van der Waals surface area (Å²) in [5.74, 6) is 1.43. The molecule has 84 valence electrons. The van der Waals surface area contributed by atoms with Crippen LogP contribution in [0.2, 0.25) is 0 Å². The zero-order valence-corrected chi connectivity index (χ0v) is 9.16. The quantitative estimate of drug-likeness (QED) is 0.815. The fraction of sp³-hybridized carbons (Fsp3) is 0.727.